The molecule has 0 heterocycles. The Bertz CT molecular complexity index is 1380. The first-order chi connectivity index (χ1) is 16.9. The standard InChI is InChI=1S/C26H27Cl2N3O4S/c1-16-11-17(2)26(18(3)12-16)36(34,35)31(14-20-5-10-23(27)24(28)13-20)15-25(33)30-22-8-6-21(7-9-22)29-19(4)32/h5-13H,14-15H2,1-4H3,(H,29,32)(H,30,33). The first kappa shape index (κ1) is 27.7. The Hall–Kier alpha value is -2.91. The lowest BCUT2D eigenvalue weighted by Gasteiger charge is -2.24. The van der Waals surface area contributed by atoms with Crippen molar-refractivity contribution in [2.24, 2.45) is 0 Å². The highest BCUT2D eigenvalue weighted by Gasteiger charge is 2.30. The van der Waals surface area contributed by atoms with Crippen LogP contribution in [0.4, 0.5) is 11.4 Å². The van der Waals surface area contributed by atoms with E-state index in [9.17, 15) is 18.0 Å². The lowest BCUT2D eigenvalue weighted by molar-refractivity contribution is -0.116. The predicted molar refractivity (Wildman–Crippen MR) is 144 cm³/mol. The molecule has 190 valence electrons. The van der Waals surface area contributed by atoms with Gasteiger partial charge in [-0.05, 0) is 73.9 Å². The summed E-state index contributed by atoms with van der Waals surface area (Å²) in [5.41, 5.74) is 3.77. The zero-order valence-corrected chi connectivity index (χ0v) is 22.7. The van der Waals surface area contributed by atoms with E-state index in [1.165, 1.54) is 6.92 Å². The molecule has 0 spiro atoms. The second kappa shape index (κ2) is 11.4. The molecule has 7 nitrogen and oxygen atoms in total. The van der Waals surface area contributed by atoms with E-state index >= 15 is 0 Å². The quantitative estimate of drug-likeness (QED) is 0.377. The lowest BCUT2D eigenvalue weighted by Crippen LogP contribution is -2.38. The van der Waals surface area contributed by atoms with Crippen LogP contribution in [0.2, 0.25) is 10.0 Å². The van der Waals surface area contributed by atoms with E-state index in [0.29, 0.717) is 33.1 Å². The minimum absolute atomic E-state index is 0.0825. The van der Waals surface area contributed by atoms with Crippen LogP contribution in [-0.2, 0) is 26.2 Å². The normalized spacial score (nSPS) is 11.4. The summed E-state index contributed by atoms with van der Waals surface area (Å²) in [4.78, 5) is 24.3. The number of sulfonamides is 1. The summed E-state index contributed by atoms with van der Waals surface area (Å²) in [6.07, 6.45) is 0. The van der Waals surface area contributed by atoms with Crippen LogP contribution in [0.25, 0.3) is 0 Å². The Morgan fingerprint density at radius 3 is 1.92 bits per heavy atom. The molecule has 0 bridgehead atoms. The van der Waals surface area contributed by atoms with Crippen LogP contribution in [0.5, 0.6) is 0 Å². The van der Waals surface area contributed by atoms with Gasteiger partial charge in [0.1, 0.15) is 0 Å². The van der Waals surface area contributed by atoms with Crippen LogP contribution < -0.4 is 10.6 Å². The van der Waals surface area contributed by atoms with Crippen molar-refractivity contribution in [1.29, 1.82) is 0 Å². The molecule has 0 aliphatic rings. The van der Waals surface area contributed by atoms with E-state index in [2.05, 4.69) is 10.6 Å². The predicted octanol–water partition coefficient (Wildman–Crippen LogP) is 5.71. The van der Waals surface area contributed by atoms with E-state index in [0.717, 1.165) is 9.87 Å². The molecule has 3 aromatic rings. The fourth-order valence-corrected chi connectivity index (χ4v) is 6.09. The summed E-state index contributed by atoms with van der Waals surface area (Å²) >= 11 is 12.2. The van der Waals surface area contributed by atoms with Crippen molar-refractivity contribution in [2.45, 2.75) is 39.1 Å². The Kier molecular flexibility index (Phi) is 8.79. The average Bonchev–Trinajstić information content (AvgIpc) is 2.76. The van der Waals surface area contributed by atoms with E-state index < -0.39 is 22.5 Å². The van der Waals surface area contributed by atoms with Crippen LogP contribution in [0.3, 0.4) is 0 Å². The topological polar surface area (TPSA) is 95.6 Å². The van der Waals surface area contributed by atoms with Gasteiger partial charge in [0.25, 0.3) is 0 Å². The van der Waals surface area contributed by atoms with Crippen LogP contribution >= 0.6 is 23.2 Å². The molecule has 0 radical (unpaired) electrons. The van der Waals surface area contributed by atoms with Crippen molar-refractivity contribution in [1.82, 2.24) is 4.31 Å². The molecular formula is C26H27Cl2N3O4S. The lowest BCUT2D eigenvalue weighted by atomic mass is 10.1. The molecule has 0 aliphatic carbocycles. The third kappa shape index (κ3) is 6.85. The van der Waals surface area contributed by atoms with Crippen LogP contribution in [0.1, 0.15) is 29.2 Å². The molecule has 0 aliphatic heterocycles. The van der Waals surface area contributed by atoms with Crippen molar-refractivity contribution in [3.8, 4) is 0 Å². The van der Waals surface area contributed by atoms with Gasteiger partial charge in [-0.2, -0.15) is 4.31 Å². The number of rotatable bonds is 8. The Balaban J connectivity index is 1.92. The second-order valence-electron chi connectivity index (χ2n) is 8.56. The summed E-state index contributed by atoms with van der Waals surface area (Å²) in [5.74, 6) is -0.732. The molecule has 3 rings (SSSR count). The monoisotopic (exact) mass is 547 g/mol. The molecule has 2 N–H and O–H groups in total. The first-order valence-corrected chi connectivity index (χ1v) is 13.3. The van der Waals surface area contributed by atoms with Gasteiger partial charge in [-0.3, -0.25) is 9.59 Å². The van der Waals surface area contributed by atoms with Crippen molar-refractivity contribution < 1.29 is 18.0 Å². The number of nitrogens with zero attached hydrogens (tertiary/aromatic N) is 1. The molecule has 10 heteroatoms. The van der Waals surface area contributed by atoms with E-state index in [4.69, 9.17) is 23.2 Å². The smallest absolute Gasteiger partial charge is 0.244 e. The largest absolute Gasteiger partial charge is 0.326 e. The minimum Gasteiger partial charge on any atom is -0.326 e. The summed E-state index contributed by atoms with van der Waals surface area (Å²) in [6, 6.07) is 15.0. The van der Waals surface area contributed by atoms with Gasteiger partial charge in [0, 0.05) is 24.8 Å². The minimum atomic E-state index is -4.06. The fraction of sp³-hybridized carbons (Fsp3) is 0.231. The number of carbonyl (C=O) groups excluding carboxylic acids is 2. The molecular weight excluding hydrogens is 521 g/mol. The van der Waals surface area contributed by atoms with E-state index in [1.807, 2.05) is 6.92 Å². The average molecular weight is 548 g/mol. The molecule has 0 saturated carbocycles. The Labute approximate surface area is 221 Å². The maximum atomic E-state index is 13.8. The van der Waals surface area contributed by atoms with E-state index in [1.54, 1.807) is 68.4 Å². The highest BCUT2D eigenvalue weighted by Crippen LogP contribution is 2.28. The summed E-state index contributed by atoms with van der Waals surface area (Å²) in [6.45, 7) is 6.26. The van der Waals surface area contributed by atoms with Gasteiger partial charge >= 0.3 is 0 Å². The summed E-state index contributed by atoms with van der Waals surface area (Å²) in [5, 5.41) is 6.00. The number of halogens is 2. The molecule has 2 amide bonds. The number of carbonyl (C=O) groups is 2. The van der Waals surface area contributed by atoms with Gasteiger partial charge in [0.15, 0.2) is 0 Å². The first-order valence-electron chi connectivity index (χ1n) is 11.1. The van der Waals surface area contributed by atoms with Crippen LogP contribution in [-0.4, -0.2) is 31.1 Å². The molecule has 0 fully saturated rings. The number of benzene rings is 3. The summed E-state index contributed by atoms with van der Waals surface area (Å²) < 4.78 is 28.8. The fourth-order valence-electron chi connectivity index (χ4n) is 3.97. The number of nitrogens with one attached hydrogen (secondary N) is 2. The number of amides is 2. The highest BCUT2D eigenvalue weighted by atomic mass is 35.5. The van der Waals surface area contributed by atoms with Crippen molar-refractivity contribution in [3.05, 3.63) is 86.9 Å². The zero-order chi connectivity index (χ0) is 26.6. The molecule has 36 heavy (non-hydrogen) atoms. The summed E-state index contributed by atoms with van der Waals surface area (Å²) in [7, 11) is -4.06. The molecule has 3 aromatic carbocycles. The molecule has 0 saturated heterocycles. The molecule has 0 aromatic heterocycles. The number of anilines is 2. The van der Waals surface area contributed by atoms with Crippen molar-refractivity contribution in [3.63, 3.8) is 0 Å². The number of aryl methyl sites for hydroxylation is 3. The van der Waals surface area contributed by atoms with Gasteiger partial charge in [0.05, 0.1) is 21.5 Å². The van der Waals surface area contributed by atoms with Gasteiger partial charge in [-0.15, -0.1) is 0 Å². The van der Waals surface area contributed by atoms with Gasteiger partial charge in [-0.1, -0.05) is 47.0 Å². The molecule has 0 atom stereocenters. The third-order valence-corrected chi connectivity index (χ3v) is 8.19. The number of hydrogen-bond acceptors (Lipinski definition) is 4. The van der Waals surface area contributed by atoms with Gasteiger partial charge in [0.2, 0.25) is 21.8 Å². The van der Waals surface area contributed by atoms with Crippen LogP contribution in [0.15, 0.2) is 59.5 Å². The number of hydrogen-bond donors (Lipinski definition) is 2. The van der Waals surface area contributed by atoms with E-state index in [-0.39, 0.29) is 22.4 Å². The Morgan fingerprint density at radius 2 is 1.39 bits per heavy atom. The maximum absolute atomic E-state index is 13.8. The highest BCUT2D eigenvalue weighted by molar-refractivity contribution is 7.89. The molecule has 0 unspecified atom stereocenters. The zero-order valence-electron chi connectivity index (χ0n) is 20.4. The van der Waals surface area contributed by atoms with Crippen LogP contribution in [0, 0.1) is 20.8 Å². The second-order valence-corrected chi connectivity index (χ2v) is 11.2. The van der Waals surface area contributed by atoms with Gasteiger partial charge in [-0.25, -0.2) is 8.42 Å². The Morgan fingerprint density at radius 1 is 0.833 bits per heavy atom. The van der Waals surface area contributed by atoms with Crippen molar-refractivity contribution >= 4 is 56.4 Å². The SMILES string of the molecule is CC(=O)Nc1ccc(NC(=O)CN(Cc2ccc(Cl)c(Cl)c2)S(=O)(=O)c2c(C)cc(C)cc2C)cc1. The maximum Gasteiger partial charge on any atom is 0.244 e. The van der Waals surface area contributed by atoms with Crippen molar-refractivity contribution in [2.75, 3.05) is 17.2 Å². The van der Waals surface area contributed by atoms with Gasteiger partial charge < -0.3 is 10.6 Å². The third-order valence-electron chi connectivity index (χ3n) is 5.35.